The number of rotatable bonds is 7. The molecule has 1 unspecified atom stereocenters. The summed E-state index contributed by atoms with van der Waals surface area (Å²) in [6.45, 7) is 0.130. The van der Waals surface area contributed by atoms with Gasteiger partial charge in [0.25, 0.3) is 0 Å². The van der Waals surface area contributed by atoms with Gasteiger partial charge in [0.15, 0.2) is 0 Å². The Bertz CT molecular complexity index is 992. The summed E-state index contributed by atoms with van der Waals surface area (Å²) in [6, 6.07) is 12.1. The molecule has 1 N–H and O–H groups in total. The van der Waals surface area contributed by atoms with Crippen LogP contribution in [0.3, 0.4) is 0 Å². The lowest BCUT2D eigenvalue weighted by Crippen LogP contribution is -2.32. The standard InChI is InChI=1S/C17H15F3N4O3S/c18-17(19,20)27-14-6-8-15(9-7-14)28(25,26)23-16(12-24-21-10-11-22-24)13-4-2-1-3-5-13/h1-11,16,23H,12H2. The molecule has 0 aliphatic heterocycles. The Labute approximate surface area is 158 Å². The summed E-state index contributed by atoms with van der Waals surface area (Å²) in [7, 11) is -4.03. The van der Waals surface area contributed by atoms with Crippen molar-refractivity contribution in [3.05, 3.63) is 72.6 Å². The van der Waals surface area contributed by atoms with Crippen LogP contribution >= 0.6 is 0 Å². The van der Waals surface area contributed by atoms with Crippen LogP contribution in [0.2, 0.25) is 0 Å². The molecule has 1 atom stereocenters. The minimum atomic E-state index is -4.85. The molecule has 2 aromatic carbocycles. The molecule has 0 aliphatic carbocycles. The molecule has 28 heavy (non-hydrogen) atoms. The molecular weight excluding hydrogens is 397 g/mol. The fourth-order valence-electron chi connectivity index (χ4n) is 2.47. The molecule has 1 aromatic heterocycles. The molecule has 7 nitrogen and oxygen atoms in total. The SMILES string of the molecule is O=S(=O)(NC(Cn1nccn1)c1ccccc1)c1ccc(OC(F)(F)F)cc1. The topological polar surface area (TPSA) is 86.1 Å². The largest absolute Gasteiger partial charge is 0.573 e. The van der Waals surface area contributed by atoms with E-state index >= 15 is 0 Å². The van der Waals surface area contributed by atoms with E-state index in [1.807, 2.05) is 0 Å². The van der Waals surface area contributed by atoms with E-state index in [1.54, 1.807) is 30.3 Å². The third kappa shape index (κ3) is 5.30. The van der Waals surface area contributed by atoms with Crippen molar-refractivity contribution in [3.63, 3.8) is 0 Å². The second kappa shape index (κ2) is 7.98. The molecule has 0 fully saturated rings. The summed E-state index contributed by atoms with van der Waals surface area (Å²) in [5, 5.41) is 7.96. The Morgan fingerprint density at radius 1 is 1.00 bits per heavy atom. The predicted octanol–water partition coefficient (Wildman–Crippen LogP) is 2.90. The Morgan fingerprint density at radius 2 is 1.61 bits per heavy atom. The lowest BCUT2D eigenvalue weighted by Gasteiger charge is -2.19. The first kappa shape index (κ1) is 19.8. The molecule has 148 valence electrons. The van der Waals surface area contributed by atoms with Crippen LogP contribution in [0.4, 0.5) is 13.2 Å². The Kier molecular flexibility index (Phi) is 5.66. The fraction of sp³-hybridized carbons (Fsp3) is 0.176. The van der Waals surface area contributed by atoms with E-state index in [4.69, 9.17) is 0 Å². The van der Waals surface area contributed by atoms with Crippen LogP contribution in [0.15, 0.2) is 71.9 Å². The molecule has 0 radical (unpaired) electrons. The van der Waals surface area contributed by atoms with Crippen LogP contribution in [0.1, 0.15) is 11.6 Å². The van der Waals surface area contributed by atoms with Gasteiger partial charge in [0, 0.05) is 0 Å². The molecule has 11 heteroatoms. The summed E-state index contributed by atoms with van der Waals surface area (Å²) in [6.07, 6.45) is -1.92. The maximum atomic E-state index is 12.7. The first-order valence-corrected chi connectivity index (χ1v) is 9.48. The van der Waals surface area contributed by atoms with E-state index in [0.717, 1.165) is 24.3 Å². The van der Waals surface area contributed by atoms with Crippen molar-refractivity contribution >= 4 is 10.0 Å². The summed E-state index contributed by atoms with van der Waals surface area (Å²) in [5.41, 5.74) is 0.681. The Balaban J connectivity index is 1.82. The number of hydrogen-bond donors (Lipinski definition) is 1. The molecule has 0 saturated carbocycles. The Hall–Kier alpha value is -2.92. The highest BCUT2D eigenvalue weighted by atomic mass is 32.2. The number of nitrogens with zero attached hydrogens (tertiary/aromatic N) is 3. The van der Waals surface area contributed by atoms with Crippen molar-refractivity contribution in [2.75, 3.05) is 0 Å². The monoisotopic (exact) mass is 412 g/mol. The van der Waals surface area contributed by atoms with Gasteiger partial charge in [0.05, 0.1) is 29.9 Å². The highest BCUT2D eigenvalue weighted by Gasteiger charge is 2.31. The van der Waals surface area contributed by atoms with Crippen molar-refractivity contribution in [2.24, 2.45) is 0 Å². The van der Waals surface area contributed by atoms with Gasteiger partial charge in [0.2, 0.25) is 10.0 Å². The van der Waals surface area contributed by atoms with Gasteiger partial charge in [-0.05, 0) is 29.8 Å². The molecule has 0 saturated heterocycles. The number of ether oxygens (including phenoxy) is 1. The van der Waals surface area contributed by atoms with Crippen molar-refractivity contribution in [3.8, 4) is 5.75 Å². The first-order valence-electron chi connectivity index (χ1n) is 8.00. The van der Waals surface area contributed by atoms with E-state index in [-0.39, 0.29) is 11.4 Å². The van der Waals surface area contributed by atoms with Crippen LogP contribution in [0, 0.1) is 0 Å². The molecule has 0 amide bonds. The van der Waals surface area contributed by atoms with Crippen molar-refractivity contribution in [1.82, 2.24) is 19.7 Å². The molecule has 0 spiro atoms. The number of sulfonamides is 1. The number of nitrogens with one attached hydrogen (secondary N) is 1. The van der Waals surface area contributed by atoms with Crippen LogP contribution in [-0.4, -0.2) is 29.8 Å². The van der Waals surface area contributed by atoms with E-state index in [0.29, 0.717) is 5.56 Å². The first-order chi connectivity index (χ1) is 13.2. The Morgan fingerprint density at radius 3 is 2.18 bits per heavy atom. The lowest BCUT2D eigenvalue weighted by molar-refractivity contribution is -0.274. The highest BCUT2D eigenvalue weighted by Crippen LogP contribution is 2.25. The minimum Gasteiger partial charge on any atom is -0.406 e. The van der Waals surface area contributed by atoms with Gasteiger partial charge >= 0.3 is 6.36 Å². The lowest BCUT2D eigenvalue weighted by atomic mass is 10.1. The smallest absolute Gasteiger partial charge is 0.406 e. The van der Waals surface area contributed by atoms with Gasteiger partial charge in [-0.3, -0.25) is 0 Å². The van der Waals surface area contributed by atoms with Crippen LogP contribution in [0.25, 0.3) is 0 Å². The van der Waals surface area contributed by atoms with Gasteiger partial charge in [-0.15, -0.1) is 13.2 Å². The van der Waals surface area contributed by atoms with E-state index in [9.17, 15) is 21.6 Å². The van der Waals surface area contributed by atoms with Crippen LogP contribution < -0.4 is 9.46 Å². The van der Waals surface area contributed by atoms with Crippen molar-refractivity contribution in [1.29, 1.82) is 0 Å². The van der Waals surface area contributed by atoms with Gasteiger partial charge < -0.3 is 4.74 Å². The van der Waals surface area contributed by atoms with Gasteiger partial charge in [-0.25, -0.2) is 13.1 Å². The summed E-state index contributed by atoms with van der Waals surface area (Å²) >= 11 is 0. The molecule has 3 rings (SSSR count). The molecule has 3 aromatic rings. The molecule has 0 bridgehead atoms. The number of benzene rings is 2. The average molecular weight is 412 g/mol. The normalized spacial score (nSPS) is 13.2. The quantitative estimate of drug-likeness (QED) is 0.645. The third-order valence-corrected chi connectivity index (χ3v) is 5.17. The van der Waals surface area contributed by atoms with Crippen LogP contribution in [0.5, 0.6) is 5.75 Å². The third-order valence-electron chi connectivity index (χ3n) is 3.68. The summed E-state index contributed by atoms with van der Waals surface area (Å²) in [4.78, 5) is 1.14. The maximum absolute atomic E-state index is 12.7. The fourth-order valence-corrected chi connectivity index (χ4v) is 3.69. The molecule has 1 heterocycles. The minimum absolute atomic E-state index is 0.130. The van der Waals surface area contributed by atoms with Gasteiger partial charge in [-0.1, -0.05) is 30.3 Å². The van der Waals surface area contributed by atoms with E-state index in [2.05, 4.69) is 19.7 Å². The number of alkyl halides is 3. The summed E-state index contributed by atoms with van der Waals surface area (Å²) < 4.78 is 68.5. The molecular formula is C17H15F3N4O3S. The highest BCUT2D eigenvalue weighted by molar-refractivity contribution is 7.89. The average Bonchev–Trinajstić information content (AvgIpc) is 3.14. The van der Waals surface area contributed by atoms with Crippen molar-refractivity contribution in [2.45, 2.75) is 23.8 Å². The zero-order valence-electron chi connectivity index (χ0n) is 14.2. The van der Waals surface area contributed by atoms with Gasteiger partial charge in [-0.2, -0.15) is 15.0 Å². The zero-order chi connectivity index (χ0) is 20.2. The second-order valence-corrected chi connectivity index (χ2v) is 7.40. The van der Waals surface area contributed by atoms with Crippen LogP contribution in [-0.2, 0) is 16.6 Å². The zero-order valence-corrected chi connectivity index (χ0v) is 15.1. The number of halogens is 3. The van der Waals surface area contributed by atoms with Crippen molar-refractivity contribution < 1.29 is 26.3 Å². The van der Waals surface area contributed by atoms with Gasteiger partial charge in [0.1, 0.15) is 5.75 Å². The molecule has 0 aliphatic rings. The number of hydrogen-bond acceptors (Lipinski definition) is 5. The summed E-state index contributed by atoms with van der Waals surface area (Å²) in [5.74, 6) is -0.508. The number of aromatic nitrogens is 3. The second-order valence-electron chi connectivity index (χ2n) is 5.69. The van der Waals surface area contributed by atoms with E-state index in [1.165, 1.54) is 17.2 Å². The van der Waals surface area contributed by atoms with E-state index < -0.39 is 28.2 Å². The predicted molar refractivity (Wildman–Crippen MR) is 92.7 cm³/mol. The maximum Gasteiger partial charge on any atom is 0.573 e.